The third kappa shape index (κ3) is 5.12. The van der Waals surface area contributed by atoms with Gasteiger partial charge in [0.15, 0.2) is 0 Å². The number of carbonyl (C=O) groups is 2. The first-order valence-electron chi connectivity index (χ1n) is 6.32. The second kappa shape index (κ2) is 7.56. The maximum atomic E-state index is 11.5. The molecule has 0 N–H and O–H groups in total. The summed E-state index contributed by atoms with van der Waals surface area (Å²) in [6.45, 7) is 4.37. The van der Waals surface area contributed by atoms with Crippen molar-refractivity contribution in [1.29, 1.82) is 0 Å². The highest BCUT2D eigenvalue weighted by atomic mass is 16.5. The molecule has 0 saturated heterocycles. The molecule has 0 fully saturated rings. The van der Waals surface area contributed by atoms with Crippen LogP contribution in [0.4, 0.5) is 0 Å². The number of aryl methyl sites for hydroxylation is 1. The highest BCUT2D eigenvalue weighted by Gasteiger charge is 2.12. The van der Waals surface area contributed by atoms with Crippen molar-refractivity contribution in [3.8, 4) is 0 Å². The van der Waals surface area contributed by atoms with E-state index in [1.54, 1.807) is 0 Å². The first-order valence-corrected chi connectivity index (χ1v) is 6.32. The first-order chi connectivity index (χ1) is 9.04. The molecule has 0 radical (unpaired) electrons. The lowest BCUT2D eigenvalue weighted by Gasteiger charge is -2.14. The van der Waals surface area contributed by atoms with Crippen LogP contribution < -0.4 is 0 Å². The van der Waals surface area contributed by atoms with Crippen LogP contribution in [0.3, 0.4) is 0 Å². The van der Waals surface area contributed by atoms with E-state index in [1.807, 2.05) is 38.1 Å². The van der Waals surface area contributed by atoms with Gasteiger partial charge in [0.25, 0.3) is 0 Å². The molecular weight excluding hydrogens is 244 g/mol. The second-order valence-electron chi connectivity index (χ2n) is 4.52. The van der Waals surface area contributed by atoms with Crippen molar-refractivity contribution in [3.63, 3.8) is 0 Å². The van der Waals surface area contributed by atoms with Gasteiger partial charge in [-0.3, -0.25) is 9.59 Å². The van der Waals surface area contributed by atoms with Crippen LogP contribution in [0.25, 0.3) is 0 Å². The zero-order chi connectivity index (χ0) is 14.3. The van der Waals surface area contributed by atoms with E-state index in [9.17, 15) is 9.59 Å². The lowest BCUT2D eigenvalue weighted by Crippen LogP contribution is -2.13. The Hall–Kier alpha value is -1.84. The third-order valence-corrected chi connectivity index (χ3v) is 2.97. The Kier molecular flexibility index (Phi) is 6.06. The first kappa shape index (κ1) is 15.2. The minimum atomic E-state index is -0.399. The molecule has 104 valence electrons. The summed E-state index contributed by atoms with van der Waals surface area (Å²) in [5.74, 6) is -0.627. The lowest BCUT2D eigenvalue weighted by molar-refractivity contribution is -0.149. The smallest absolute Gasteiger partial charge is 0.306 e. The van der Waals surface area contributed by atoms with Gasteiger partial charge in [0.1, 0.15) is 0 Å². The largest absolute Gasteiger partial charge is 0.469 e. The van der Waals surface area contributed by atoms with Gasteiger partial charge in [-0.2, -0.15) is 0 Å². The van der Waals surface area contributed by atoms with E-state index in [4.69, 9.17) is 4.74 Å². The van der Waals surface area contributed by atoms with Crippen LogP contribution in [-0.4, -0.2) is 25.7 Å². The van der Waals surface area contributed by atoms with Crippen LogP contribution in [-0.2, 0) is 19.1 Å². The van der Waals surface area contributed by atoms with Crippen molar-refractivity contribution in [3.05, 3.63) is 35.4 Å². The zero-order valence-electron chi connectivity index (χ0n) is 11.6. The summed E-state index contributed by atoms with van der Waals surface area (Å²) in [7, 11) is 1.30. The van der Waals surface area contributed by atoms with E-state index >= 15 is 0 Å². The average Bonchev–Trinajstić information content (AvgIpc) is 2.42. The molecule has 0 aliphatic carbocycles. The van der Waals surface area contributed by atoms with Crippen LogP contribution in [0.2, 0.25) is 0 Å². The highest BCUT2D eigenvalue weighted by molar-refractivity contribution is 5.77. The molecule has 1 rings (SSSR count). The van der Waals surface area contributed by atoms with Crippen LogP contribution in [0, 0.1) is 6.92 Å². The summed E-state index contributed by atoms with van der Waals surface area (Å²) < 4.78 is 9.63. The Morgan fingerprint density at radius 3 is 2.42 bits per heavy atom. The molecule has 0 amide bonds. The molecule has 19 heavy (non-hydrogen) atoms. The SMILES string of the molecule is COC(=O)CCC(=O)OCC(C)c1ccccc1C. The van der Waals surface area contributed by atoms with Gasteiger partial charge in [-0.25, -0.2) is 0 Å². The molecule has 4 heteroatoms. The van der Waals surface area contributed by atoms with Gasteiger partial charge < -0.3 is 9.47 Å². The van der Waals surface area contributed by atoms with Gasteiger partial charge in [0, 0.05) is 5.92 Å². The van der Waals surface area contributed by atoms with Crippen molar-refractivity contribution in [1.82, 2.24) is 0 Å². The normalized spacial score (nSPS) is 11.7. The van der Waals surface area contributed by atoms with E-state index in [2.05, 4.69) is 4.74 Å². The molecule has 0 heterocycles. The van der Waals surface area contributed by atoms with Crippen LogP contribution in [0.15, 0.2) is 24.3 Å². The predicted molar refractivity (Wildman–Crippen MR) is 71.8 cm³/mol. The minimum absolute atomic E-state index is 0.0627. The number of hydrogen-bond acceptors (Lipinski definition) is 4. The van der Waals surface area contributed by atoms with E-state index in [0.29, 0.717) is 6.61 Å². The van der Waals surface area contributed by atoms with E-state index < -0.39 is 5.97 Å². The molecule has 0 saturated carbocycles. The molecule has 0 spiro atoms. The van der Waals surface area contributed by atoms with Crippen molar-refractivity contribution in [2.45, 2.75) is 32.6 Å². The topological polar surface area (TPSA) is 52.6 Å². The summed E-state index contributed by atoms with van der Waals surface area (Å²) in [5, 5.41) is 0. The summed E-state index contributed by atoms with van der Waals surface area (Å²) in [5.41, 5.74) is 2.35. The van der Waals surface area contributed by atoms with E-state index in [1.165, 1.54) is 18.2 Å². The quantitative estimate of drug-likeness (QED) is 0.741. The number of hydrogen-bond donors (Lipinski definition) is 0. The zero-order valence-corrected chi connectivity index (χ0v) is 11.6. The fourth-order valence-corrected chi connectivity index (χ4v) is 1.83. The molecule has 0 aliphatic rings. The van der Waals surface area contributed by atoms with Crippen molar-refractivity contribution < 1.29 is 19.1 Å². The number of carbonyl (C=O) groups excluding carboxylic acids is 2. The molecule has 1 aromatic carbocycles. The fourth-order valence-electron chi connectivity index (χ4n) is 1.83. The Morgan fingerprint density at radius 2 is 1.79 bits per heavy atom. The number of esters is 2. The Labute approximate surface area is 113 Å². The van der Waals surface area contributed by atoms with Crippen molar-refractivity contribution in [2.75, 3.05) is 13.7 Å². The molecule has 0 bridgehead atoms. The maximum Gasteiger partial charge on any atom is 0.306 e. The second-order valence-corrected chi connectivity index (χ2v) is 4.52. The van der Waals surface area contributed by atoms with E-state index in [-0.39, 0.29) is 24.7 Å². The van der Waals surface area contributed by atoms with Gasteiger partial charge in [-0.15, -0.1) is 0 Å². The van der Waals surface area contributed by atoms with Crippen molar-refractivity contribution in [2.24, 2.45) is 0 Å². The fraction of sp³-hybridized carbons (Fsp3) is 0.467. The summed E-state index contributed by atoms with van der Waals surface area (Å²) in [4.78, 5) is 22.3. The van der Waals surface area contributed by atoms with Gasteiger partial charge in [0.2, 0.25) is 0 Å². The van der Waals surface area contributed by atoms with Crippen LogP contribution in [0.5, 0.6) is 0 Å². The Balaban J connectivity index is 2.38. The Bertz CT molecular complexity index is 440. The molecule has 1 aromatic rings. The van der Waals surface area contributed by atoms with E-state index in [0.717, 1.165) is 0 Å². The molecule has 0 aromatic heterocycles. The molecule has 1 unspecified atom stereocenters. The molecule has 0 aliphatic heterocycles. The van der Waals surface area contributed by atoms with Crippen LogP contribution in [0.1, 0.15) is 36.8 Å². The summed E-state index contributed by atoms with van der Waals surface area (Å²) in [6, 6.07) is 8.01. The highest BCUT2D eigenvalue weighted by Crippen LogP contribution is 2.19. The Morgan fingerprint density at radius 1 is 1.16 bits per heavy atom. The van der Waals surface area contributed by atoms with Crippen molar-refractivity contribution >= 4 is 11.9 Å². The van der Waals surface area contributed by atoms with Crippen LogP contribution >= 0.6 is 0 Å². The number of methoxy groups -OCH3 is 1. The molecular formula is C15H20O4. The number of ether oxygens (including phenoxy) is 2. The number of rotatable bonds is 6. The minimum Gasteiger partial charge on any atom is -0.469 e. The van der Waals surface area contributed by atoms with Gasteiger partial charge >= 0.3 is 11.9 Å². The third-order valence-electron chi connectivity index (χ3n) is 2.97. The predicted octanol–water partition coefficient (Wildman–Crippen LogP) is 2.59. The average molecular weight is 264 g/mol. The maximum absolute atomic E-state index is 11.5. The number of benzene rings is 1. The van der Waals surface area contributed by atoms with Gasteiger partial charge in [-0.05, 0) is 18.1 Å². The summed E-state index contributed by atoms with van der Waals surface area (Å²) >= 11 is 0. The molecule has 1 atom stereocenters. The van der Waals surface area contributed by atoms with Gasteiger partial charge in [-0.1, -0.05) is 31.2 Å². The lowest BCUT2D eigenvalue weighted by atomic mass is 9.97. The monoisotopic (exact) mass is 264 g/mol. The summed E-state index contributed by atoms with van der Waals surface area (Å²) in [6.07, 6.45) is 0.126. The standard InChI is InChI=1S/C15H20O4/c1-11-6-4-5-7-13(11)12(2)10-19-15(17)9-8-14(16)18-3/h4-7,12H,8-10H2,1-3H3. The molecule has 4 nitrogen and oxygen atoms in total. The van der Waals surface area contributed by atoms with Gasteiger partial charge in [0.05, 0.1) is 26.6 Å².